The Bertz CT molecular complexity index is 660. The van der Waals surface area contributed by atoms with Crippen LogP contribution in [0.2, 0.25) is 0 Å². The van der Waals surface area contributed by atoms with Crippen LogP contribution in [0.1, 0.15) is 17.2 Å². The molecule has 3 rings (SSSR count). The summed E-state index contributed by atoms with van der Waals surface area (Å²) in [4.78, 5) is 18.5. The van der Waals surface area contributed by atoms with Gasteiger partial charge in [0.2, 0.25) is 5.91 Å². The third-order valence-electron chi connectivity index (χ3n) is 4.03. The smallest absolute Gasteiger partial charge is 0.227 e. The highest BCUT2D eigenvalue weighted by Gasteiger charge is 2.25. The number of pyridine rings is 1. The fourth-order valence-corrected chi connectivity index (χ4v) is 2.78. The van der Waals surface area contributed by atoms with Crippen LogP contribution in [0.15, 0.2) is 48.8 Å². The first kappa shape index (κ1) is 15.5. The summed E-state index contributed by atoms with van der Waals surface area (Å²) in [5.74, 6) is 0.844. The average Bonchev–Trinajstić information content (AvgIpc) is 2.63. The van der Waals surface area contributed by atoms with Gasteiger partial charge in [-0.2, -0.15) is 0 Å². The van der Waals surface area contributed by atoms with Crippen LogP contribution in [-0.2, 0) is 16.0 Å². The molecule has 23 heavy (non-hydrogen) atoms. The summed E-state index contributed by atoms with van der Waals surface area (Å²) in [7, 11) is 1.62. The quantitative estimate of drug-likeness (QED) is 0.869. The molecular formula is C18H20N2O3. The van der Waals surface area contributed by atoms with E-state index in [0.29, 0.717) is 26.1 Å². The number of para-hydroxylation sites is 1. The van der Waals surface area contributed by atoms with Crippen LogP contribution in [0, 0.1) is 0 Å². The summed E-state index contributed by atoms with van der Waals surface area (Å²) < 4.78 is 11.1. The first-order valence-electron chi connectivity index (χ1n) is 7.69. The number of aromatic nitrogens is 1. The largest absolute Gasteiger partial charge is 0.496 e. The Morgan fingerprint density at radius 1 is 1.30 bits per heavy atom. The number of hydrogen-bond donors (Lipinski definition) is 0. The maximum absolute atomic E-state index is 12.6. The van der Waals surface area contributed by atoms with Gasteiger partial charge >= 0.3 is 0 Å². The summed E-state index contributed by atoms with van der Waals surface area (Å²) >= 11 is 0. The van der Waals surface area contributed by atoms with Gasteiger partial charge in [0.15, 0.2) is 0 Å². The van der Waals surface area contributed by atoms with Crippen LogP contribution in [-0.4, -0.2) is 42.6 Å². The minimum absolute atomic E-state index is 0.0895. The number of benzene rings is 1. The monoisotopic (exact) mass is 312 g/mol. The number of nitrogens with zero attached hydrogens (tertiary/aromatic N) is 2. The van der Waals surface area contributed by atoms with Crippen molar-refractivity contribution >= 4 is 5.91 Å². The highest BCUT2D eigenvalue weighted by molar-refractivity contribution is 5.79. The number of methoxy groups -OCH3 is 1. The second-order valence-corrected chi connectivity index (χ2v) is 5.47. The Morgan fingerprint density at radius 3 is 2.87 bits per heavy atom. The highest BCUT2D eigenvalue weighted by Crippen LogP contribution is 2.23. The molecule has 2 aromatic rings. The normalized spacial score (nSPS) is 17.8. The molecule has 0 saturated carbocycles. The fraction of sp³-hybridized carbons (Fsp3) is 0.333. The van der Waals surface area contributed by atoms with E-state index < -0.39 is 0 Å². The van der Waals surface area contributed by atoms with E-state index in [0.717, 1.165) is 16.9 Å². The highest BCUT2D eigenvalue weighted by atomic mass is 16.5. The Kier molecular flexibility index (Phi) is 4.88. The first-order chi connectivity index (χ1) is 11.3. The standard InChI is InChI=1S/C18H20N2O3/c1-22-16-5-3-2-4-15(16)12-18(21)20-10-11-23-17(13-20)14-6-8-19-9-7-14/h2-9,17H,10-13H2,1H3/t17-/m0/s1. The molecule has 1 atom stereocenters. The van der Waals surface area contributed by atoms with E-state index in [1.54, 1.807) is 19.5 Å². The molecule has 1 aromatic heterocycles. The van der Waals surface area contributed by atoms with E-state index in [1.807, 2.05) is 41.3 Å². The second-order valence-electron chi connectivity index (χ2n) is 5.47. The van der Waals surface area contributed by atoms with Crippen LogP contribution in [0.4, 0.5) is 0 Å². The Morgan fingerprint density at radius 2 is 2.09 bits per heavy atom. The van der Waals surface area contributed by atoms with Crippen molar-refractivity contribution < 1.29 is 14.3 Å². The molecule has 1 aliphatic heterocycles. The molecule has 0 bridgehead atoms. The molecule has 0 aliphatic carbocycles. The minimum atomic E-state index is -0.0895. The Balaban J connectivity index is 1.68. The van der Waals surface area contributed by atoms with Crippen molar-refractivity contribution in [2.45, 2.75) is 12.5 Å². The number of carbonyl (C=O) groups is 1. The maximum Gasteiger partial charge on any atom is 0.227 e. The Labute approximate surface area is 135 Å². The second kappa shape index (κ2) is 7.24. The average molecular weight is 312 g/mol. The van der Waals surface area contributed by atoms with Crippen LogP contribution in [0.3, 0.4) is 0 Å². The third kappa shape index (κ3) is 3.68. The fourth-order valence-electron chi connectivity index (χ4n) is 2.78. The maximum atomic E-state index is 12.6. The molecule has 0 unspecified atom stereocenters. The zero-order valence-electron chi connectivity index (χ0n) is 13.1. The van der Waals surface area contributed by atoms with Gasteiger partial charge in [-0.1, -0.05) is 18.2 Å². The van der Waals surface area contributed by atoms with E-state index in [2.05, 4.69) is 4.98 Å². The lowest BCUT2D eigenvalue weighted by Gasteiger charge is -2.33. The lowest BCUT2D eigenvalue weighted by molar-refractivity contribution is -0.138. The topological polar surface area (TPSA) is 51.7 Å². The predicted octanol–water partition coefficient (Wildman–Crippen LogP) is 2.23. The zero-order valence-corrected chi connectivity index (χ0v) is 13.1. The number of carbonyl (C=O) groups excluding carboxylic acids is 1. The van der Waals surface area contributed by atoms with E-state index in [9.17, 15) is 4.79 Å². The van der Waals surface area contributed by atoms with Gasteiger partial charge in [-0.15, -0.1) is 0 Å². The van der Waals surface area contributed by atoms with Crippen molar-refractivity contribution in [1.82, 2.24) is 9.88 Å². The summed E-state index contributed by atoms with van der Waals surface area (Å²) in [6.45, 7) is 1.73. The van der Waals surface area contributed by atoms with Crippen molar-refractivity contribution in [1.29, 1.82) is 0 Å². The molecule has 120 valence electrons. The van der Waals surface area contributed by atoms with Crippen molar-refractivity contribution in [3.8, 4) is 5.75 Å². The lowest BCUT2D eigenvalue weighted by Crippen LogP contribution is -2.43. The number of morpholine rings is 1. The van der Waals surface area contributed by atoms with Gasteiger partial charge < -0.3 is 14.4 Å². The van der Waals surface area contributed by atoms with Gasteiger partial charge in [0.25, 0.3) is 0 Å². The van der Waals surface area contributed by atoms with Crippen molar-refractivity contribution in [3.63, 3.8) is 0 Å². The molecule has 5 nitrogen and oxygen atoms in total. The molecule has 1 aromatic carbocycles. The van der Waals surface area contributed by atoms with Gasteiger partial charge in [-0.05, 0) is 23.8 Å². The number of ether oxygens (including phenoxy) is 2. The van der Waals surface area contributed by atoms with Gasteiger partial charge in [0.05, 0.1) is 26.7 Å². The number of hydrogen-bond acceptors (Lipinski definition) is 4. The van der Waals surface area contributed by atoms with Crippen LogP contribution < -0.4 is 4.74 Å². The van der Waals surface area contributed by atoms with E-state index in [4.69, 9.17) is 9.47 Å². The summed E-state index contributed by atoms with van der Waals surface area (Å²) in [6, 6.07) is 11.5. The first-order valence-corrected chi connectivity index (χ1v) is 7.69. The van der Waals surface area contributed by atoms with Gasteiger partial charge in [0, 0.05) is 24.5 Å². The number of amides is 1. The molecule has 0 spiro atoms. The molecule has 0 N–H and O–H groups in total. The van der Waals surface area contributed by atoms with E-state index in [1.165, 1.54) is 0 Å². The van der Waals surface area contributed by atoms with E-state index in [-0.39, 0.29) is 12.0 Å². The molecule has 5 heteroatoms. The lowest BCUT2D eigenvalue weighted by atomic mass is 10.1. The SMILES string of the molecule is COc1ccccc1CC(=O)N1CCO[C@H](c2ccncc2)C1. The molecule has 0 radical (unpaired) electrons. The van der Waals surface area contributed by atoms with Crippen molar-refractivity contribution in [2.75, 3.05) is 26.8 Å². The summed E-state index contributed by atoms with van der Waals surface area (Å²) in [5.41, 5.74) is 1.96. The van der Waals surface area contributed by atoms with Crippen molar-refractivity contribution in [3.05, 3.63) is 59.9 Å². The van der Waals surface area contributed by atoms with Crippen LogP contribution in [0.5, 0.6) is 5.75 Å². The Hall–Kier alpha value is -2.40. The van der Waals surface area contributed by atoms with Gasteiger partial charge in [0.1, 0.15) is 11.9 Å². The van der Waals surface area contributed by atoms with Gasteiger partial charge in [-0.3, -0.25) is 9.78 Å². The van der Waals surface area contributed by atoms with Crippen LogP contribution >= 0.6 is 0 Å². The molecule has 1 saturated heterocycles. The van der Waals surface area contributed by atoms with E-state index >= 15 is 0 Å². The van der Waals surface area contributed by atoms with Crippen LogP contribution in [0.25, 0.3) is 0 Å². The molecule has 1 aliphatic rings. The molecule has 2 heterocycles. The zero-order chi connectivity index (χ0) is 16.1. The molecular weight excluding hydrogens is 292 g/mol. The summed E-state index contributed by atoms with van der Waals surface area (Å²) in [5, 5.41) is 0. The van der Waals surface area contributed by atoms with Crippen molar-refractivity contribution in [2.24, 2.45) is 0 Å². The van der Waals surface area contributed by atoms with Gasteiger partial charge in [-0.25, -0.2) is 0 Å². The predicted molar refractivity (Wildman–Crippen MR) is 86.2 cm³/mol. The third-order valence-corrected chi connectivity index (χ3v) is 4.03. The number of rotatable bonds is 4. The minimum Gasteiger partial charge on any atom is -0.496 e. The summed E-state index contributed by atoms with van der Waals surface area (Å²) in [6.07, 6.45) is 3.74. The molecule has 1 fully saturated rings. The molecule has 1 amide bonds.